The van der Waals surface area contributed by atoms with E-state index in [1.54, 1.807) is 0 Å². The topological polar surface area (TPSA) is 39.2 Å². The monoisotopic (exact) mass is 379 g/mol. The maximum Gasteiger partial charge on any atom is 0.148 e. The van der Waals surface area contributed by atoms with Crippen molar-refractivity contribution in [1.82, 2.24) is 0 Å². The first-order valence-electron chi connectivity index (χ1n) is 5.84. The van der Waals surface area contributed by atoms with Crippen LogP contribution in [-0.4, -0.2) is 0 Å². The standard InChI is InChI=1S/C15H11Br2NO/c16-11-6-4-9(5-7-11)14(18)13-8-10-2-1-3-12(17)15(10)19-13/h1-8,14H,18H2. The average Bonchev–Trinajstić information content (AvgIpc) is 2.84. The quantitative estimate of drug-likeness (QED) is 0.678. The van der Waals surface area contributed by atoms with E-state index >= 15 is 0 Å². The van der Waals surface area contributed by atoms with Crippen LogP contribution in [0.3, 0.4) is 0 Å². The lowest BCUT2D eigenvalue weighted by molar-refractivity contribution is 0.524. The molecule has 96 valence electrons. The van der Waals surface area contributed by atoms with Gasteiger partial charge in [0.15, 0.2) is 0 Å². The van der Waals surface area contributed by atoms with E-state index in [4.69, 9.17) is 10.2 Å². The maximum absolute atomic E-state index is 6.26. The Morgan fingerprint density at radius 3 is 2.42 bits per heavy atom. The zero-order valence-electron chi connectivity index (χ0n) is 9.94. The predicted octanol–water partition coefficient (Wildman–Crippen LogP) is 5.01. The Hall–Kier alpha value is -1.10. The molecule has 0 saturated heterocycles. The molecular formula is C15H11Br2NO. The highest BCUT2D eigenvalue weighted by molar-refractivity contribution is 9.11. The van der Waals surface area contributed by atoms with Gasteiger partial charge in [0.2, 0.25) is 0 Å². The van der Waals surface area contributed by atoms with Crippen LogP contribution >= 0.6 is 31.9 Å². The molecule has 1 atom stereocenters. The normalized spacial score (nSPS) is 12.8. The summed E-state index contributed by atoms with van der Waals surface area (Å²) in [6.07, 6.45) is 0. The third kappa shape index (κ3) is 2.48. The summed E-state index contributed by atoms with van der Waals surface area (Å²) < 4.78 is 7.84. The Morgan fingerprint density at radius 1 is 1.00 bits per heavy atom. The summed E-state index contributed by atoms with van der Waals surface area (Å²) in [6.45, 7) is 0. The molecule has 1 heterocycles. The zero-order chi connectivity index (χ0) is 13.4. The van der Waals surface area contributed by atoms with Crippen LogP contribution in [0.1, 0.15) is 17.4 Å². The van der Waals surface area contributed by atoms with Gasteiger partial charge in [0, 0.05) is 9.86 Å². The van der Waals surface area contributed by atoms with Crippen LogP contribution in [0.15, 0.2) is 61.9 Å². The van der Waals surface area contributed by atoms with E-state index in [9.17, 15) is 0 Å². The molecular weight excluding hydrogens is 370 g/mol. The molecule has 2 N–H and O–H groups in total. The van der Waals surface area contributed by atoms with Crippen LogP contribution in [0.4, 0.5) is 0 Å². The Balaban J connectivity index is 2.04. The molecule has 1 aromatic heterocycles. The number of halogens is 2. The fourth-order valence-corrected chi connectivity index (χ4v) is 2.76. The van der Waals surface area contributed by atoms with Crippen molar-refractivity contribution in [1.29, 1.82) is 0 Å². The van der Waals surface area contributed by atoms with Crippen molar-refractivity contribution in [3.8, 4) is 0 Å². The minimum atomic E-state index is -0.257. The Bertz CT molecular complexity index is 719. The Morgan fingerprint density at radius 2 is 1.74 bits per heavy atom. The van der Waals surface area contributed by atoms with E-state index < -0.39 is 0 Å². The molecule has 2 aromatic carbocycles. The molecule has 0 fully saturated rings. The molecule has 0 aliphatic heterocycles. The SMILES string of the molecule is NC(c1ccc(Br)cc1)c1cc2cccc(Br)c2o1. The lowest BCUT2D eigenvalue weighted by Crippen LogP contribution is -2.10. The number of hydrogen-bond donors (Lipinski definition) is 1. The predicted molar refractivity (Wildman–Crippen MR) is 84.1 cm³/mol. The molecule has 0 saturated carbocycles. The highest BCUT2D eigenvalue weighted by atomic mass is 79.9. The van der Waals surface area contributed by atoms with Crippen LogP contribution < -0.4 is 5.73 Å². The molecule has 19 heavy (non-hydrogen) atoms. The third-order valence-electron chi connectivity index (χ3n) is 3.05. The Kier molecular flexibility index (Phi) is 3.48. The second-order valence-electron chi connectivity index (χ2n) is 4.34. The number of rotatable bonds is 2. The number of furan rings is 1. The van der Waals surface area contributed by atoms with E-state index in [0.717, 1.165) is 31.2 Å². The fourth-order valence-electron chi connectivity index (χ4n) is 2.04. The average molecular weight is 381 g/mol. The number of fused-ring (bicyclic) bond motifs is 1. The van der Waals surface area contributed by atoms with Crippen LogP contribution in [-0.2, 0) is 0 Å². The van der Waals surface area contributed by atoms with Gasteiger partial charge in [-0.15, -0.1) is 0 Å². The van der Waals surface area contributed by atoms with Gasteiger partial charge in [-0.2, -0.15) is 0 Å². The first kappa shape index (κ1) is 12.9. The molecule has 0 aliphatic rings. The minimum Gasteiger partial charge on any atom is -0.458 e. The zero-order valence-corrected chi connectivity index (χ0v) is 13.1. The van der Waals surface area contributed by atoms with E-state index in [1.807, 2.05) is 48.5 Å². The van der Waals surface area contributed by atoms with Crippen LogP contribution in [0, 0.1) is 0 Å². The number of para-hydroxylation sites is 1. The smallest absolute Gasteiger partial charge is 0.148 e. The van der Waals surface area contributed by atoms with Crippen molar-refractivity contribution in [2.75, 3.05) is 0 Å². The molecule has 2 nitrogen and oxygen atoms in total. The van der Waals surface area contributed by atoms with E-state index in [0.29, 0.717) is 0 Å². The van der Waals surface area contributed by atoms with Crippen molar-refractivity contribution in [2.24, 2.45) is 5.73 Å². The molecule has 0 spiro atoms. The summed E-state index contributed by atoms with van der Waals surface area (Å²) in [7, 11) is 0. The van der Waals surface area contributed by atoms with Crippen LogP contribution in [0.25, 0.3) is 11.0 Å². The first-order valence-corrected chi connectivity index (χ1v) is 7.43. The lowest BCUT2D eigenvalue weighted by Gasteiger charge is -2.08. The highest BCUT2D eigenvalue weighted by Crippen LogP contribution is 2.31. The molecule has 1 unspecified atom stereocenters. The summed E-state index contributed by atoms with van der Waals surface area (Å²) in [6, 6.07) is 15.6. The van der Waals surface area contributed by atoms with Crippen molar-refractivity contribution in [3.63, 3.8) is 0 Å². The van der Waals surface area contributed by atoms with Gasteiger partial charge in [0.05, 0.1) is 10.5 Å². The van der Waals surface area contributed by atoms with Gasteiger partial charge in [0.1, 0.15) is 11.3 Å². The van der Waals surface area contributed by atoms with Crippen molar-refractivity contribution < 1.29 is 4.42 Å². The summed E-state index contributed by atoms with van der Waals surface area (Å²) >= 11 is 6.90. The van der Waals surface area contributed by atoms with Gasteiger partial charge in [-0.1, -0.05) is 40.2 Å². The lowest BCUT2D eigenvalue weighted by atomic mass is 10.1. The van der Waals surface area contributed by atoms with Crippen molar-refractivity contribution in [3.05, 3.63) is 68.8 Å². The maximum atomic E-state index is 6.26. The van der Waals surface area contributed by atoms with Gasteiger partial charge in [-0.25, -0.2) is 0 Å². The summed E-state index contributed by atoms with van der Waals surface area (Å²) in [5.41, 5.74) is 8.12. The highest BCUT2D eigenvalue weighted by Gasteiger charge is 2.15. The number of nitrogens with two attached hydrogens (primary N) is 1. The molecule has 4 heteroatoms. The molecule has 0 aliphatic carbocycles. The van der Waals surface area contributed by atoms with Crippen molar-refractivity contribution in [2.45, 2.75) is 6.04 Å². The van der Waals surface area contributed by atoms with E-state index in [1.165, 1.54) is 0 Å². The van der Waals surface area contributed by atoms with Gasteiger partial charge in [-0.3, -0.25) is 0 Å². The second kappa shape index (κ2) is 5.12. The second-order valence-corrected chi connectivity index (χ2v) is 6.11. The van der Waals surface area contributed by atoms with Gasteiger partial charge >= 0.3 is 0 Å². The molecule has 3 aromatic rings. The molecule has 0 radical (unpaired) electrons. The van der Waals surface area contributed by atoms with Gasteiger partial charge in [0.25, 0.3) is 0 Å². The summed E-state index contributed by atoms with van der Waals surface area (Å²) in [5.74, 6) is 0.768. The summed E-state index contributed by atoms with van der Waals surface area (Å²) in [4.78, 5) is 0. The first-order chi connectivity index (χ1) is 9.15. The van der Waals surface area contributed by atoms with Crippen LogP contribution in [0.5, 0.6) is 0 Å². The van der Waals surface area contributed by atoms with Gasteiger partial charge in [-0.05, 0) is 45.8 Å². The third-order valence-corrected chi connectivity index (χ3v) is 4.20. The largest absolute Gasteiger partial charge is 0.458 e. The van der Waals surface area contributed by atoms with Gasteiger partial charge < -0.3 is 10.2 Å². The molecule has 3 rings (SSSR count). The Labute approximate surface area is 127 Å². The fraction of sp³-hybridized carbons (Fsp3) is 0.0667. The number of hydrogen-bond acceptors (Lipinski definition) is 2. The minimum absolute atomic E-state index is 0.257. The van der Waals surface area contributed by atoms with E-state index in [2.05, 4.69) is 31.9 Å². The van der Waals surface area contributed by atoms with Crippen LogP contribution in [0.2, 0.25) is 0 Å². The molecule has 0 amide bonds. The number of benzene rings is 2. The molecule has 0 bridgehead atoms. The van der Waals surface area contributed by atoms with E-state index in [-0.39, 0.29) is 6.04 Å². The van der Waals surface area contributed by atoms with Crippen molar-refractivity contribution >= 4 is 42.8 Å². The summed E-state index contributed by atoms with van der Waals surface area (Å²) in [5, 5.41) is 1.05.